The first-order chi connectivity index (χ1) is 6.18. The first-order valence-corrected chi connectivity index (χ1v) is 5.56. The van der Waals surface area contributed by atoms with Crippen LogP contribution in [0, 0.1) is 0 Å². The molecule has 0 aliphatic rings. The zero-order chi connectivity index (χ0) is 11.6. The number of alkyl halides is 2. The summed E-state index contributed by atoms with van der Waals surface area (Å²) >= 11 is 4.69. The predicted octanol–water partition coefficient (Wildman–Crippen LogP) is 1.02. The highest BCUT2D eigenvalue weighted by molar-refractivity contribution is 7.89. The van der Waals surface area contributed by atoms with Crippen LogP contribution >= 0.6 is 11.6 Å². The number of rotatable bonds is 4. The Morgan fingerprint density at radius 1 is 1.43 bits per heavy atom. The summed E-state index contributed by atoms with van der Waals surface area (Å²) in [7, 11) is -5.76. The van der Waals surface area contributed by atoms with Crippen LogP contribution in [-0.2, 0) is 15.0 Å². The van der Waals surface area contributed by atoms with Gasteiger partial charge in [-0.3, -0.25) is 4.79 Å². The van der Waals surface area contributed by atoms with Gasteiger partial charge in [-0.2, -0.15) is 12.8 Å². The molecule has 0 aliphatic carbocycles. The van der Waals surface area contributed by atoms with E-state index in [0.717, 1.165) is 4.90 Å². The van der Waals surface area contributed by atoms with Crippen molar-refractivity contribution in [2.24, 2.45) is 0 Å². The molecule has 14 heavy (non-hydrogen) atoms. The van der Waals surface area contributed by atoms with Crippen molar-refractivity contribution < 1.29 is 21.5 Å². The summed E-state index contributed by atoms with van der Waals surface area (Å²) < 4.78 is 41.7. The summed E-state index contributed by atoms with van der Waals surface area (Å²) in [4.78, 5) is 11.9. The fourth-order valence-corrected chi connectivity index (χ4v) is 1.26. The number of carbonyl (C=O) groups is 1. The Labute approximate surface area is 86.0 Å². The number of hydrogen-bond donors (Lipinski definition) is 0. The molecule has 0 aromatic carbocycles. The minimum Gasteiger partial charge on any atom is -0.338 e. The van der Waals surface area contributed by atoms with Gasteiger partial charge in [0, 0.05) is 13.1 Å². The van der Waals surface area contributed by atoms with Gasteiger partial charge in [0.2, 0.25) is 0 Å². The lowest BCUT2D eigenvalue weighted by Crippen LogP contribution is -2.46. The minimum atomic E-state index is -5.76. The number of amides is 1. The van der Waals surface area contributed by atoms with Gasteiger partial charge >= 0.3 is 14.7 Å². The van der Waals surface area contributed by atoms with E-state index in [9.17, 15) is 21.5 Å². The molecule has 0 aromatic heterocycles. The smallest absolute Gasteiger partial charge is 0.338 e. The van der Waals surface area contributed by atoms with Crippen molar-refractivity contribution in [2.75, 3.05) is 13.1 Å². The van der Waals surface area contributed by atoms with Crippen LogP contribution in [0.25, 0.3) is 0 Å². The Balaban J connectivity index is 5.03. The van der Waals surface area contributed by atoms with E-state index < -0.39 is 20.6 Å². The van der Waals surface area contributed by atoms with Crippen molar-refractivity contribution in [3.63, 3.8) is 0 Å². The second-order valence-electron chi connectivity index (χ2n) is 2.43. The number of hydrogen-bond acceptors (Lipinski definition) is 3. The Morgan fingerprint density at radius 3 is 2.00 bits per heavy atom. The predicted molar refractivity (Wildman–Crippen MR) is 47.6 cm³/mol. The average molecular weight is 250 g/mol. The van der Waals surface area contributed by atoms with Gasteiger partial charge in [0.1, 0.15) is 0 Å². The fraction of sp³-hybridized carbons (Fsp3) is 0.833. The Morgan fingerprint density at radius 2 is 1.79 bits per heavy atom. The third-order valence-corrected chi connectivity index (χ3v) is 3.11. The molecule has 0 saturated heterocycles. The lowest BCUT2D eigenvalue weighted by molar-refractivity contribution is -0.135. The highest BCUT2D eigenvalue weighted by Crippen LogP contribution is 2.28. The molecular formula is C6H10ClF2NO3S. The summed E-state index contributed by atoms with van der Waals surface area (Å²) in [6, 6.07) is 0. The zero-order valence-electron chi connectivity index (χ0n) is 7.63. The molecule has 84 valence electrons. The van der Waals surface area contributed by atoms with Crippen LogP contribution in [0.3, 0.4) is 0 Å². The molecule has 0 heterocycles. The molecule has 8 heteroatoms. The van der Waals surface area contributed by atoms with Gasteiger partial charge in [0.15, 0.2) is 0 Å². The molecule has 1 unspecified atom stereocenters. The first-order valence-electron chi connectivity index (χ1n) is 3.79. The molecule has 1 atom stereocenters. The third-order valence-electron chi connectivity index (χ3n) is 1.61. The summed E-state index contributed by atoms with van der Waals surface area (Å²) in [5, 5.41) is 0. The van der Waals surface area contributed by atoms with Crippen molar-refractivity contribution in [1.82, 2.24) is 4.90 Å². The maximum Gasteiger partial charge on any atom is 0.389 e. The standard InChI is InChI=1S/C6H10ClF2NO3S/c1-3-10(4-2)5(11)6(7,8)14(9,12)13/h3-4H2,1-2H3. The van der Waals surface area contributed by atoms with E-state index in [0.29, 0.717) is 0 Å². The van der Waals surface area contributed by atoms with Gasteiger partial charge in [0.05, 0.1) is 0 Å². The maximum atomic E-state index is 13.0. The van der Waals surface area contributed by atoms with Crippen molar-refractivity contribution >= 4 is 27.7 Å². The lowest BCUT2D eigenvalue weighted by Gasteiger charge is -2.22. The highest BCUT2D eigenvalue weighted by Gasteiger charge is 2.52. The quantitative estimate of drug-likeness (QED) is 0.552. The van der Waals surface area contributed by atoms with E-state index in [4.69, 9.17) is 11.6 Å². The Kier molecular flexibility index (Phi) is 4.26. The summed E-state index contributed by atoms with van der Waals surface area (Å²) in [6.45, 7) is 3.06. The third kappa shape index (κ3) is 2.54. The van der Waals surface area contributed by atoms with Crippen LogP contribution < -0.4 is 0 Å². The van der Waals surface area contributed by atoms with E-state index in [1.165, 1.54) is 13.8 Å². The Bertz CT molecular complexity index is 313. The maximum absolute atomic E-state index is 13.0. The van der Waals surface area contributed by atoms with Crippen molar-refractivity contribution in [2.45, 2.75) is 18.3 Å². The van der Waals surface area contributed by atoms with Crippen LogP contribution in [0.5, 0.6) is 0 Å². The molecule has 0 bridgehead atoms. The van der Waals surface area contributed by atoms with Crippen LogP contribution in [0.4, 0.5) is 8.28 Å². The van der Waals surface area contributed by atoms with Gasteiger partial charge in [0.25, 0.3) is 5.91 Å². The molecule has 0 aromatic rings. The largest absolute Gasteiger partial charge is 0.389 e. The van der Waals surface area contributed by atoms with Crippen LogP contribution in [0.1, 0.15) is 13.8 Å². The number of nitrogens with zero attached hydrogens (tertiary/aromatic N) is 1. The molecule has 1 amide bonds. The van der Waals surface area contributed by atoms with Crippen molar-refractivity contribution in [3.8, 4) is 0 Å². The second-order valence-corrected chi connectivity index (χ2v) is 4.62. The monoisotopic (exact) mass is 249 g/mol. The second kappa shape index (κ2) is 4.39. The van der Waals surface area contributed by atoms with E-state index in [1.807, 2.05) is 0 Å². The Hall–Kier alpha value is -0.430. The topological polar surface area (TPSA) is 54.5 Å². The molecule has 0 fully saturated rings. The molecule has 0 saturated carbocycles. The summed E-state index contributed by atoms with van der Waals surface area (Å²) in [5.41, 5.74) is 0. The number of halogens is 3. The van der Waals surface area contributed by atoms with Crippen LogP contribution in [0.2, 0.25) is 0 Å². The molecule has 0 rings (SSSR count). The fourth-order valence-electron chi connectivity index (χ4n) is 0.799. The lowest BCUT2D eigenvalue weighted by atomic mass is 10.5. The normalized spacial score (nSPS) is 16.1. The molecule has 0 aliphatic heterocycles. The average Bonchev–Trinajstić information content (AvgIpc) is 2.04. The summed E-state index contributed by atoms with van der Waals surface area (Å²) in [6.07, 6.45) is 0. The molecule has 0 spiro atoms. The van der Waals surface area contributed by atoms with Crippen LogP contribution in [-0.4, -0.2) is 36.8 Å². The van der Waals surface area contributed by atoms with E-state index >= 15 is 0 Å². The van der Waals surface area contributed by atoms with Gasteiger partial charge in [-0.05, 0) is 13.8 Å². The first kappa shape index (κ1) is 13.6. The zero-order valence-corrected chi connectivity index (χ0v) is 9.20. The van der Waals surface area contributed by atoms with Crippen LogP contribution in [0.15, 0.2) is 0 Å². The molecular weight excluding hydrogens is 240 g/mol. The van der Waals surface area contributed by atoms with E-state index in [-0.39, 0.29) is 13.1 Å². The highest BCUT2D eigenvalue weighted by atomic mass is 35.5. The summed E-state index contributed by atoms with van der Waals surface area (Å²) in [5.74, 6) is -1.60. The van der Waals surface area contributed by atoms with Gasteiger partial charge < -0.3 is 4.90 Å². The van der Waals surface area contributed by atoms with Crippen molar-refractivity contribution in [1.29, 1.82) is 0 Å². The van der Waals surface area contributed by atoms with Gasteiger partial charge in [-0.1, -0.05) is 11.6 Å². The van der Waals surface area contributed by atoms with Crippen molar-refractivity contribution in [3.05, 3.63) is 0 Å². The van der Waals surface area contributed by atoms with E-state index in [1.54, 1.807) is 0 Å². The van der Waals surface area contributed by atoms with Gasteiger partial charge in [-0.15, -0.1) is 3.89 Å². The minimum absolute atomic E-state index is 0.0449. The molecule has 4 nitrogen and oxygen atoms in total. The van der Waals surface area contributed by atoms with Gasteiger partial charge in [-0.25, -0.2) is 0 Å². The van der Waals surface area contributed by atoms with E-state index in [2.05, 4.69) is 0 Å². The number of carbonyl (C=O) groups excluding carboxylic acids is 1. The molecule has 0 radical (unpaired) electrons. The molecule has 0 N–H and O–H groups in total. The SMILES string of the molecule is CCN(CC)C(=O)C(F)(Cl)S(=O)(=O)F.